The molecule has 0 unspecified atom stereocenters. The molecule has 2 aromatic rings. The number of piperidine rings is 1. The monoisotopic (exact) mass is 429 g/mol. The third kappa shape index (κ3) is 3.90. The van der Waals surface area contributed by atoms with Gasteiger partial charge in [0, 0.05) is 37.7 Å². The van der Waals surface area contributed by atoms with Crippen molar-refractivity contribution in [2.45, 2.75) is 31.4 Å². The highest BCUT2D eigenvalue weighted by Crippen LogP contribution is 2.51. The lowest BCUT2D eigenvalue weighted by Gasteiger charge is -2.53. The summed E-state index contributed by atoms with van der Waals surface area (Å²) in [6.45, 7) is 2.37. The molecule has 2 heterocycles. The van der Waals surface area contributed by atoms with Crippen molar-refractivity contribution in [3.05, 3.63) is 35.5 Å². The van der Waals surface area contributed by atoms with Gasteiger partial charge < -0.3 is 24.1 Å². The fraction of sp³-hybridized carbons (Fsp3) is 0.565. The zero-order chi connectivity index (χ0) is 22.0. The van der Waals surface area contributed by atoms with Gasteiger partial charge in [-0.15, -0.1) is 0 Å². The number of fused-ring (bicyclic) bond motifs is 2. The first-order valence-corrected chi connectivity index (χ1v) is 10.6. The van der Waals surface area contributed by atoms with Crippen molar-refractivity contribution in [2.24, 2.45) is 11.8 Å². The molecule has 1 aliphatic heterocycles. The number of rotatable bonds is 7. The largest absolute Gasteiger partial charge is 0.493 e. The molecule has 0 spiro atoms. The fourth-order valence-electron chi connectivity index (χ4n) is 5.23. The molecule has 1 aromatic heterocycles. The maximum absolute atomic E-state index is 12.0. The average Bonchev–Trinajstić information content (AvgIpc) is 2.79. The number of hydrogen-bond donors (Lipinski definition) is 1. The normalized spacial score (nSPS) is 25.7. The summed E-state index contributed by atoms with van der Waals surface area (Å²) in [5, 5.41) is 12.0. The van der Waals surface area contributed by atoms with Crippen LogP contribution in [0.25, 0.3) is 0 Å². The van der Waals surface area contributed by atoms with Gasteiger partial charge in [0.1, 0.15) is 5.60 Å². The maximum atomic E-state index is 12.0. The molecule has 2 aliphatic rings. The minimum atomic E-state index is -1.01. The van der Waals surface area contributed by atoms with E-state index >= 15 is 0 Å². The second-order valence-corrected chi connectivity index (χ2v) is 8.31. The Kier molecular flexibility index (Phi) is 6.20. The molecule has 1 N–H and O–H groups in total. The van der Waals surface area contributed by atoms with Crippen molar-refractivity contribution in [2.75, 3.05) is 41.5 Å². The van der Waals surface area contributed by atoms with Crippen molar-refractivity contribution < 1.29 is 24.1 Å². The Balaban J connectivity index is 1.58. The van der Waals surface area contributed by atoms with Gasteiger partial charge in [0.25, 0.3) is 0 Å². The zero-order valence-corrected chi connectivity index (χ0v) is 18.6. The molecule has 8 heteroatoms. The smallest absolute Gasteiger partial charge is 0.319 e. The standard InChI is InChI=1S/C23H31N3O5/c1-28-19-9-8-15(10-20(19)29-2)12-26-13-16-6-5-7-17(14-26)23(16,27)18-11-24-22(31-4)25-21(18)30-3/h8-11,16-17,27H,5-7,12-14H2,1-4H3/t16-,17-/m1/s1. The summed E-state index contributed by atoms with van der Waals surface area (Å²) in [7, 11) is 6.37. The van der Waals surface area contributed by atoms with Crippen LogP contribution in [0.15, 0.2) is 24.4 Å². The Hall–Kier alpha value is -2.58. The summed E-state index contributed by atoms with van der Waals surface area (Å²) in [5.41, 5.74) is 0.812. The van der Waals surface area contributed by atoms with Gasteiger partial charge in [-0.3, -0.25) is 4.90 Å². The van der Waals surface area contributed by atoms with Crippen LogP contribution in [0.1, 0.15) is 30.4 Å². The number of aliphatic hydroxyl groups is 1. The van der Waals surface area contributed by atoms with E-state index in [2.05, 4.69) is 20.9 Å². The van der Waals surface area contributed by atoms with Crippen LogP contribution in [0.2, 0.25) is 0 Å². The maximum Gasteiger partial charge on any atom is 0.319 e. The van der Waals surface area contributed by atoms with Crippen LogP contribution in [0.4, 0.5) is 0 Å². The topological polar surface area (TPSA) is 86.2 Å². The first-order valence-electron chi connectivity index (χ1n) is 10.6. The molecule has 1 saturated heterocycles. The SMILES string of the molecule is COc1ncc(C2(O)[C@@H]3CCC[C@@H]2CN(Cc2ccc(OC)c(OC)c2)C3)c(OC)n1. The zero-order valence-electron chi connectivity index (χ0n) is 18.6. The second kappa shape index (κ2) is 8.88. The van der Waals surface area contributed by atoms with Gasteiger partial charge in [0.15, 0.2) is 11.5 Å². The number of benzene rings is 1. The Morgan fingerprint density at radius 2 is 1.71 bits per heavy atom. The van der Waals surface area contributed by atoms with Crippen LogP contribution in [0.5, 0.6) is 23.4 Å². The van der Waals surface area contributed by atoms with Crippen LogP contribution in [-0.2, 0) is 12.1 Å². The summed E-state index contributed by atoms with van der Waals surface area (Å²) in [6, 6.07) is 6.27. The van der Waals surface area contributed by atoms with E-state index < -0.39 is 5.60 Å². The summed E-state index contributed by atoms with van der Waals surface area (Å²) >= 11 is 0. The lowest BCUT2D eigenvalue weighted by molar-refractivity contribution is -0.149. The molecule has 1 aromatic carbocycles. The fourth-order valence-corrected chi connectivity index (χ4v) is 5.23. The van der Waals surface area contributed by atoms with Gasteiger partial charge in [0.05, 0.1) is 34.0 Å². The van der Waals surface area contributed by atoms with Gasteiger partial charge in [-0.2, -0.15) is 4.98 Å². The molecule has 8 nitrogen and oxygen atoms in total. The molecule has 1 saturated carbocycles. The molecule has 31 heavy (non-hydrogen) atoms. The summed E-state index contributed by atoms with van der Waals surface area (Å²) in [5.74, 6) is 1.99. The molecule has 2 fully saturated rings. The predicted molar refractivity (Wildman–Crippen MR) is 115 cm³/mol. The molecule has 2 bridgehead atoms. The van der Waals surface area contributed by atoms with Gasteiger partial charge >= 0.3 is 6.01 Å². The van der Waals surface area contributed by atoms with Crippen LogP contribution in [-0.4, -0.2) is 61.5 Å². The summed E-state index contributed by atoms with van der Waals surface area (Å²) < 4.78 is 21.5. The highest BCUT2D eigenvalue weighted by Gasteiger charge is 2.53. The molecule has 0 radical (unpaired) electrons. The minimum absolute atomic E-state index is 0.0750. The van der Waals surface area contributed by atoms with E-state index in [-0.39, 0.29) is 17.8 Å². The summed E-state index contributed by atoms with van der Waals surface area (Å²) in [4.78, 5) is 11.0. The molecule has 168 valence electrons. The third-order valence-electron chi connectivity index (χ3n) is 6.70. The van der Waals surface area contributed by atoms with E-state index in [1.54, 1.807) is 27.5 Å². The van der Waals surface area contributed by atoms with Crippen molar-refractivity contribution in [3.63, 3.8) is 0 Å². The van der Waals surface area contributed by atoms with Crippen molar-refractivity contribution in [1.82, 2.24) is 14.9 Å². The molecular formula is C23H31N3O5. The Bertz CT molecular complexity index is 908. The van der Waals surface area contributed by atoms with E-state index in [1.165, 1.54) is 7.11 Å². The van der Waals surface area contributed by atoms with Crippen LogP contribution in [0, 0.1) is 11.8 Å². The third-order valence-corrected chi connectivity index (χ3v) is 6.70. The predicted octanol–water partition coefficient (Wildman–Crippen LogP) is 2.63. The van der Waals surface area contributed by atoms with E-state index in [0.717, 1.165) is 56.0 Å². The molecular weight excluding hydrogens is 398 g/mol. The first kappa shape index (κ1) is 21.6. The number of aromatic nitrogens is 2. The van der Waals surface area contributed by atoms with Crippen LogP contribution in [0.3, 0.4) is 0 Å². The Morgan fingerprint density at radius 3 is 2.32 bits per heavy atom. The number of nitrogens with zero attached hydrogens (tertiary/aromatic N) is 3. The van der Waals surface area contributed by atoms with E-state index in [9.17, 15) is 5.11 Å². The number of ether oxygens (including phenoxy) is 4. The quantitative estimate of drug-likeness (QED) is 0.719. The van der Waals surface area contributed by atoms with Crippen molar-refractivity contribution >= 4 is 0 Å². The molecule has 0 amide bonds. The number of methoxy groups -OCH3 is 4. The molecule has 4 rings (SSSR count). The van der Waals surface area contributed by atoms with Gasteiger partial charge in [0.2, 0.25) is 5.88 Å². The lowest BCUT2D eigenvalue weighted by Crippen LogP contribution is -2.58. The van der Waals surface area contributed by atoms with Gasteiger partial charge in [-0.05, 0) is 30.5 Å². The van der Waals surface area contributed by atoms with Crippen molar-refractivity contribution in [1.29, 1.82) is 0 Å². The minimum Gasteiger partial charge on any atom is -0.493 e. The lowest BCUT2D eigenvalue weighted by atomic mass is 9.63. The van der Waals surface area contributed by atoms with E-state index in [4.69, 9.17) is 18.9 Å². The highest BCUT2D eigenvalue weighted by molar-refractivity contribution is 5.43. The van der Waals surface area contributed by atoms with Crippen LogP contribution < -0.4 is 18.9 Å². The van der Waals surface area contributed by atoms with E-state index in [1.807, 2.05) is 12.1 Å². The van der Waals surface area contributed by atoms with Crippen molar-refractivity contribution in [3.8, 4) is 23.4 Å². The number of likely N-dealkylation sites (tertiary alicyclic amines) is 1. The first-order chi connectivity index (χ1) is 15.0. The Morgan fingerprint density at radius 1 is 1.00 bits per heavy atom. The second-order valence-electron chi connectivity index (χ2n) is 8.31. The van der Waals surface area contributed by atoms with E-state index in [0.29, 0.717) is 11.4 Å². The average molecular weight is 430 g/mol. The summed E-state index contributed by atoms with van der Waals surface area (Å²) in [6.07, 6.45) is 4.68. The molecule has 1 aliphatic carbocycles. The van der Waals surface area contributed by atoms with Gasteiger partial charge in [-0.25, -0.2) is 4.98 Å². The molecule has 2 atom stereocenters. The Labute approximate surface area is 183 Å². The number of hydrogen-bond acceptors (Lipinski definition) is 8. The highest BCUT2D eigenvalue weighted by atomic mass is 16.5. The van der Waals surface area contributed by atoms with Crippen LogP contribution >= 0.6 is 0 Å². The van der Waals surface area contributed by atoms with Gasteiger partial charge in [-0.1, -0.05) is 12.5 Å².